The molecular weight excluding hydrogens is 365 g/mol. The summed E-state index contributed by atoms with van der Waals surface area (Å²) in [6, 6.07) is 13.9. The van der Waals surface area contributed by atoms with Gasteiger partial charge in [-0.05, 0) is 35.9 Å². The van der Waals surface area contributed by atoms with Crippen molar-refractivity contribution in [2.75, 3.05) is 19.8 Å². The first-order valence-electron chi connectivity index (χ1n) is 7.11. The molecule has 2 aromatic rings. The van der Waals surface area contributed by atoms with Crippen molar-refractivity contribution >= 4 is 21.8 Å². The summed E-state index contributed by atoms with van der Waals surface area (Å²) in [5.41, 5.74) is 0.678. The summed E-state index contributed by atoms with van der Waals surface area (Å²) in [6.45, 7) is 0.871. The Kier molecular flexibility index (Phi) is 7.03. The molecule has 6 heteroatoms. The highest BCUT2D eigenvalue weighted by atomic mass is 79.9. The van der Waals surface area contributed by atoms with Gasteiger partial charge >= 0.3 is 0 Å². The summed E-state index contributed by atoms with van der Waals surface area (Å²) < 4.78 is 24.5. The van der Waals surface area contributed by atoms with Crippen LogP contribution in [-0.2, 0) is 16.1 Å². The van der Waals surface area contributed by atoms with Crippen LogP contribution >= 0.6 is 15.9 Å². The molecule has 2 aromatic carbocycles. The van der Waals surface area contributed by atoms with E-state index in [1.165, 1.54) is 12.1 Å². The average Bonchev–Trinajstić information content (AvgIpc) is 2.53. The predicted molar refractivity (Wildman–Crippen MR) is 88.7 cm³/mol. The first-order valence-corrected chi connectivity index (χ1v) is 7.90. The van der Waals surface area contributed by atoms with Crippen LogP contribution in [0, 0.1) is 5.82 Å². The Hall–Kier alpha value is -1.92. The second kappa shape index (κ2) is 9.27. The second-order valence-corrected chi connectivity index (χ2v) is 5.68. The molecule has 0 fully saturated rings. The number of halogens is 2. The van der Waals surface area contributed by atoms with Crippen LogP contribution in [0.2, 0.25) is 0 Å². The van der Waals surface area contributed by atoms with Crippen molar-refractivity contribution in [3.05, 3.63) is 64.4 Å². The Bertz CT molecular complexity index is 617. The van der Waals surface area contributed by atoms with E-state index in [4.69, 9.17) is 9.47 Å². The largest absolute Gasteiger partial charge is 0.491 e. The van der Waals surface area contributed by atoms with Gasteiger partial charge < -0.3 is 14.8 Å². The van der Waals surface area contributed by atoms with Crippen LogP contribution < -0.4 is 10.1 Å². The van der Waals surface area contributed by atoms with Gasteiger partial charge in [0, 0.05) is 11.0 Å². The third-order valence-electron chi connectivity index (χ3n) is 2.88. The maximum atomic E-state index is 13.2. The molecule has 4 nitrogen and oxygen atoms in total. The zero-order chi connectivity index (χ0) is 16.5. The van der Waals surface area contributed by atoms with Crippen LogP contribution in [0.5, 0.6) is 5.75 Å². The fraction of sp³-hybridized carbons (Fsp3) is 0.235. The number of hydrogen-bond acceptors (Lipinski definition) is 3. The van der Waals surface area contributed by atoms with Gasteiger partial charge in [0.05, 0.1) is 6.61 Å². The van der Waals surface area contributed by atoms with E-state index in [1.807, 2.05) is 30.3 Å². The number of hydrogen-bond donors (Lipinski definition) is 1. The maximum absolute atomic E-state index is 13.2. The summed E-state index contributed by atoms with van der Waals surface area (Å²) in [7, 11) is 0. The fourth-order valence-corrected chi connectivity index (χ4v) is 2.38. The molecule has 0 saturated carbocycles. The number of carbonyl (C=O) groups excluding carboxylic acids is 1. The molecule has 0 atom stereocenters. The minimum Gasteiger partial charge on any atom is -0.491 e. The van der Waals surface area contributed by atoms with Gasteiger partial charge in [0.15, 0.2) is 0 Å². The van der Waals surface area contributed by atoms with Crippen molar-refractivity contribution < 1.29 is 18.7 Å². The number of ether oxygens (including phenoxy) is 2. The second-order valence-electron chi connectivity index (χ2n) is 4.77. The third-order valence-corrected chi connectivity index (χ3v) is 3.34. The lowest BCUT2D eigenvalue weighted by Crippen LogP contribution is -2.28. The van der Waals surface area contributed by atoms with Crippen LogP contribution in [0.4, 0.5) is 4.39 Å². The van der Waals surface area contributed by atoms with Crippen molar-refractivity contribution in [1.82, 2.24) is 5.32 Å². The number of carbonyl (C=O) groups is 1. The maximum Gasteiger partial charge on any atom is 0.246 e. The number of para-hydroxylation sites is 1. The van der Waals surface area contributed by atoms with Gasteiger partial charge in [0.25, 0.3) is 0 Å². The molecule has 0 aromatic heterocycles. The first kappa shape index (κ1) is 17.4. The Balaban J connectivity index is 1.60. The normalized spacial score (nSPS) is 10.3. The van der Waals surface area contributed by atoms with Crippen LogP contribution in [0.25, 0.3) is 0 Å². The molecule has 1 amide bonds. The lowest BCUT2D eigenvalue weighted by Gasteiger charge is -2.08. The van der Waals surface area contributed by atoms with Gasteiger partial charge in [-0.25, -0.2) is 4.39 Å². The Morgan fingerprint density at radius 3 is 2.65 bits per heavy atom. The van der Waals surface area contributed by atoms with E-state index in [1.54, 1.807) is 6.07 Å². The molecule has 0 aliphatic rings. The third kappa shape index (κ3) is 6.80. The highest BCUT2D eigenvalue weighted by Gasteiger charge is 2.04. The zero-order valence-corrected chi connectivity index (χ0v) is 14.0. The van der Waals surface area contributed by atoms with Gasteiger partial charge in [-0.1, -0.05) is 34.1 Å². The average molecular weight is 382 g/mol. The molecule has 23 heavy (non-hydrogen) atoms. The topological polar surface area (TPSA) is 47.6 Å². The fourth-order valence-electron chi connectivity index (χ4n) is 1.86. The summed E-state index contributed by atoms with van der Waals surface area (Å²) in [4.78, 5) is 11.6. The molecule has 0 aliphatic heterocycles. The van der Waals surface area contributed by atoms with Gasteiger partial charge in [0.2, 0.25) is 5.91 Å². The van der Waals surface area contributed by atoms with Crippen LogP contribution in [0.1, 0.15) is 5.56 Å². The number of nitrogens with one attached hydrogen (secondary N) is 1. The van der Waals surface area contributed by atoms with Crippen molar-refractivity contribution in [2.24, 2.45) is 0 Å². The number of amides is 1. The minimum absolute atomic E-state index is 0.0609. The zero-order valence-electron chi connectivity index (χ0n) is 12.4. The van der Waals surface area contributed by atoms with E-state index in [-0.39, 0.29) is 24.9 Å². The van der Waals surface area contributed by atoms with Gasteiger partial charge in [0.1, 0.15) is 24.8 Å². The van der Waals surface area contributed by atoms with Gasteiger partial charge in [-0.3, -0.25) is 4.79 Å². The molecule has 0 heterocycles. The molecule has 122 valence electrons. The summed E-state index contributed by atoms with van der Waals surface area (Å²) >= 11 is 3.21. The molecule has 0 unspecified atom stereocenters. The molecule has 1 N–H and O–H groups in total. The Morgan fingerprint density at radius 2 is 1.91 bits per heavy atom. The molecule has 0 saturated heterocycles. The van der Waals surface area contributed by atoms with Crippen LogP contribution in [-0.4, -0.2) is 25.7 Å². The molecule has 0 spiro atoms. The molecule has 2 rings (SSSR count). The van der Waals surface area contributed by atoms with Crippen LogP contribution in [0.3, 0.4) is 0 Å². The monoisotopic (exact) mass is 381 g/mol. The summed E-state index contributed by atoms with van der Waals surface area (Å²) in [6.07, 6.45) is 0. The van der Waals surface area contributed by atoms with Crippen molar-refractivity contribution in [3.8, 4) is 5.75 Å². The van der Waals surface area contributed by atoms with Gasteiger partial charge in [-0.15, -0.1) is 0 Å². The van der Waals surface area contributed by atoms with E-state index in [2.05, 4.69) is 21.2 Å². The Morgan fingerprint density at radius 1 is 1.13 bits per heavy atom. The van der Waals surface area contributed by atoms with E-state index in [0.29, 0.717) is 23.2 Å². The number of rotatable bonds is 8. The highest BCUT2D eigenvalue weighted by molar-refractivity contribution is 9.10. The van der Waals surface area contributed by atoms with Crippen molar-refractivity contribution in [2.45, 2.75) is 6.54 Å². The number of benzene rings is 2. The predicted octanol–water partition coefficient (Wildman–Crippen LogP) is 3.30. The van der Waals surface area contributed by atoms with E-state index >= 15 is 0 Å². The summed E-state index contributed by atoms with van der Waals surface area (Å²) in [5, 5.41) is 2.67. The van der Waals surface area contributed by atoms with E-state index < -0.39 is 0 Å². The highest BCUT2D eigenvalue weighted by Crippen LogP contribution is 2.14. The van der Waals surface area contributed by atoms with E-state index in [9.17, 15) is 9.18 Å². The standard InChI is InChI=1S/C17H17BrFNO3/c18-14-8-13(9-15(19)10-14)11-20-17(21)12-22-6-7-23-16-4-2-1-3-5-16/h1-5,8-10H,6-7,11-12H2,(H,20,21). The van der Waals surface area contributed by atoms with Gasteiger partial charge in [-0.2, -0.15) is 0 Å². The smallest absolute Gasteiger partial charge is 0.246 e. The molecule has 0 aliphatic carbocycles. The minimum atomic E-state index is -0.349. The molecule has 0 bridgehead atoms. The van der Waals surface area contributed by atoms with Crippen LogP contribution in [0.15, 0.2) is 53.0 Å². The SMILES string of the molecule is O=C(COCCOc1ccccc1)NCc1cc(F)cc(Br)c1. The van der Waals surface area contributed by atoms with Crippen molar-refractivity contribution in [3.63, 3.8) is 0 Å². The quantitative estimate of drug-likeness (QED) is 0.713. The first-order chi connectivity index (χ1) is 11.1. The lowest BCUT2D eigenvalue weighted by atomic mass is 10.2. The van der Waals surface area contributed by atoms with E-state index in [0.717, 1.165) is 5.75 Å². The van der Waals surface area contributed by atoms with Crippen molar-refractivity contribution in [1.29, 1.82) is 0 Å². The summed E-state index contributed by atoms with van der Waals surface area (Å²) in [5.74, 6) is 0.153. The Labute approximate surface area is 142 Å². The lowest BCUT2D eigenvalue weighted by molar-refractivity contribution is -0.126. The molecular formula is C17H17BrFNO3. The molecule has 0 radical (unpaired) electrons.